The first-order valence-corrected chi connectivity index (χ1v) is 7.92. The molecule has 0 atom stereocenters. The van der Waals surface area contributed by atoms with Gasteiger partial charge in [0.2, 0.25) is 0 Å². The highest BCUT2D eigenvalue weighted by molar-refractivity contribution is 7.15. The van der Waals surface area contributed by atoms with Gasteiger partial charge in [-0.1, -0.05) is 19.8 Å². The van der Waals surface area contributed by atoms with E-state index in [1.807, 2.05) is 0 Å². The van der Waals surface area contributed by atoms with Gasteiger partial charge in [-0.05, 0) is 6.42 Å². The number of thiazole rings is 1. The van der Waals surface area contributed by atoms with Gasteiger partial charge < -0.3 is 10.0 Å². The van der Waals surface area contributed by atoms with Crippen molar-refractivity contribution in [3.8, 4) is 0 Å². The first kappa shape index (κ1) is 15.7. The highest BCUT2D eigenvalue weighted by Gasteiger charge is 2.19. The molecule has 0 radical (unpaired) electrons. The minimum atomic E-state index is -0.363. The standard InChI is InChI=1S/C14H19N3O3S/c1-2-3-4-5-16(6-8-18)12(19)11-10-15-14-17(13(11)20)7-9-21-14/h7,9-10,18H,2-6,8H2,1H3. The molecule has 0 aliphatic carbocycles. The second-order valence-electron chi connectivity index (χ2n) is 4.76. The summed E-state index contributed by atoms with van der Waals surface area (Å²) >= 11 is 1.34. The van der Waals surface area contributed by atoms with E-state index in [1.165, 1.54) is 26.8 Å². The lowest BCUT2D eigenvalue weighted by Crippen LogP contribution is -2.38. The number of hydrogen-bond acceptors (Lipinski definition) is 5. The van der Waals surface area contributed by atoms with Crippen LogP contribution in [-0.2, 0) is 0 Å². The summed E-state index contributed by atoms with van der Waals surface area (Å²) in [4.78, 5) is 31.0. The van der Waals surface area contributed by atoms with Crippen LogP contribution in [0.15, 0.2) is 22.6 Å². The predicted molar refractivity (Wildman–Crippen MR) is 81.9 cm³/mol. The fourth-order valence-corrected chi connectivity index (χ4v) is 2.81. The van der Waals surface area contributed by atoms with Crippen molar-refractivity contribution in [2.45, 2.75) is 26.2 Å². The Hall–Kier alpha value is -1.73. The molecule has 0 aliphatic rings. The van der Waals surface area contributed by atoms with Gasteiger partial charge in [-0.25, -0.2) is 4.98 Å². The Morgan fingerprint density at radius 1 is 1.43 bits per heavy atom. The monoisotopic (exact) mass is 309 g/mol. The first-order chi connectivity index (χ1) is 10.2. The number of amides is 1. The summed E-state index contributed by atoms with van der Waals surface area (Å²) in [5, 5.41) is 10.9. The van der Waals surface area contributed by atoms with Crippen molar-refractivity contribution < 1.29 is 9.90 Å². The lowest BCUT2D eigenvalue weighted by atomic mass is 10.2. The summed E-state index contributed by atoms with van der Waals surface area (Å²) in [6, 6.07) is 0. The van der Waals surface area contributed by atoms with Crippen LogP contribution in [0.3, 0.4) is 0 Å². The maximum atomic E-state index is 12.5. The molecular formula is C14H19N3O3S. The van der Waals surface area contributed by atoms with Gasteiger partial charge in [0.25, 0.3) is 11.5 Å². The third-order valence-corrected chi connectivity index (χ3v) is 4.03. The highest BCUT2D eigenvalue weighted by Crippen LogP contribution is 2.08. The SMILES string of the molecule is CCCCCN(CCO)C(=O)c1cnc2sccn2c1=O. The average molecular weight is 309 g/mol. The number of nitrogens with zero attached hydrogens (tertiary/aromatic N) is 3. The van der Waals surface area contributed by atoms with E-state index in [4.69, 9.17) is 5.11 Å². The quantitative estimate of drug-likeness (QED) is 0.784. The Morgan fingerprint density at radius 3 is 2.95 bits per heavy atom. The number of aromatic nitrogens is 2. The zero-order valence-corrected chi connectivity index (χ0v) is 12.8. The van der Waals surface area contributed by atoms with Crippen LogP contribution in [0.2, 0.25) is 0 Å². The van der Waals surface area contributed by atoms with Crippen molar-refractivity contribution in [3.05, 3.63) is 33.7 Å². The van der Waals surface area contributed by atoms with E-state index in [-0.39, 0.29) is 30.2 Å². The Bertz CT molecular complexity index is 665. The van der Waals surface area contributed by atoms with Crippen LogP contribution in [0.25, 0.3) is 4.96 Å². The molecule has 1 N–H and O–H groups in total. The fourth-order valence-electron chi connectivity index (χ4n) is 2.13. The molecule has 2 rings (SSSR count). The minimum absolute atomic E-state index is 0.0517. The molecule has 114 valence electrons. The van der Waals surface area contributed by atoms with Gasteiger partial charge in [-0.2, -0.15) is 0 Å². The molecule has 2 aromatic rings. The number of aliphatic hydroxyl groups is 1. The third kappa shape index (κ3) is 3.48. The molecule has 0 bridgehead atoms. The van der Waals surface area contributed by atoms with E-state index in [0.717, 1.165) is 19.3 Å². The molecule has 6 nitrogen and oxygen atoms in total. The summed E-state index contributed by atoms with van der Waals surface area (Å²) in [6.45, 7) is 2.74. The number of fused-ring (bicyclic) bond motifs is 1. The zero-order valence-electron chi connectivity index (χ0n) is 12.0. The summed E-state index contributed by atoms with van der Waals surface area (Å²) in [5.41, 5.74) is -0.305. The summed E-state index contributed by atoms with van der Waals surface area (Å²) in [6.07, 6.45) is 5.86. The van der Waals surface area contributed by atoms with Crippen molar-refractivity contribution >= 4 is 22.2 Å². The Kier molecular flexibility index (Phi) is 5.46. The molecule has 0 fully saturated rings. The molecule has 1 amide bonds. The number of hydrogen-bond donors (Lipinski definition) is 1. The number of aliphatic hydroxyl groups excluding tert-OH is 1. The fraction of sp³-hybridized carbons (Fsp3) is 0.500. The Labute approximate surface area is 126 Å². The van der Waals surface area contributed by atoms with Crippen LogP contribution >= 0.6 is 11.3 Å². The van der Waals surface area contributed by atoms with Crippen LogP contribution in [0.5, 0.6) is 0 Å². The minimum Gasteiger partial charge on any atom is -0.395 e. The summed E-state index contributed by atoms with van der Waals surface area (Å²) < 4.78 is 1.38. The van der Waals surface area contributed by atoms with Gasteiger partial charge >= 0.3 is 0 Å². The molecule has 0 unspecified atom stereocenters. The van der Waals surface area contributed by atoms with Crippen LogP contribution in [0.4, 0.5) is 0 Å². The molecule has 0 aliphatic heterocycles. The van der Waals surface area contributed by atoms with Gasteiger partial charge in [-0.15, -0.1) is 11.3 Å². The molecule has 7 heteroatoms. The first-order valence-electron chi connectivity index (χ1n) is 7.04. The molecule has 0 spiro atoms. The Balaban J connectivity index is 2.25. The van der Waals surface area contributed by atoms with E-state index in [2.05, 4.69) is 11.9 Å². The molecule has 2 aromatic heterocycles. The van der Waals surface area contributed by atoms with Crippen LogP contribution < -0.4 is 5.56 Å². The van der Waals surface area contributed by atoms with Gasteiger partial charge in [0.1, 0.15) is 5.56 Å². The number of carbonyl (C=O) groups is 1. The van der Waals surface area contributed by atoms with E-state index >= 15 is 0 Å². The van der Waals surface area contributed by atoms with Crippen molar-refractivity contribution in [2.24, 2.45) is 0 Å². The zero-order chi connectivity index (χ0) is 15.2. The molecule has 0 saturated carbocycles. The van der Waals surface area contributed by atoms with Gasteiger partial charge in [0.05, 0.1) is 6.61 Å². The lowest BCUT2D eigenvalue weighted by Gasteiger charge is -2.21. The summed E-state index contributed by atoms with van der Waals surface area (Å²) in [7, 11) is 0. The maximum absolute atomic E-state index is 12.5. The van der Waals surface area contributed by atoms with Gasteiger partial charge in [0.15, 0.2) is 4.96 Å². The smallest absolute Gasteiger partial charge is 0.271 e. The van der Waals surface area contributed by atoms with E-state index in [9.17, 15) is 9.59 Å². The normalized spacial score (nSPS) is 11.0. The van der Waals surface area contributed by atoms with Crippen molar-refractivity contribution in [2.75, 3.05) is 19.7 Å². The highest BCUT2D eigenvalue weighted by atomic mass is 32.1. The predicted octanol–water partition coefficient (Wildman–Crippen LogP) is 1.38. The van der Waals surface area contributed by atoms with E-state index in [0.29, 0.717) is 11.5 Å². The number of rotatable bonds is 7. The Morgan fingerprint density at radius 2 is 2.24 bits per heavy atom. The second-order valence-corrected chi connectivity index (χ2v) is 5.63. The molecule has 0 saturated heterocycles. The van der Waals surface area contributed by atoms with Gasteiger partial charge in [0, 0.05) is 30.9 Å². The largest absolute Gasteiger partial charge is 0.395 e. The second kappa shape index (κ2) is 7.33. The van der Waals surface area contributed by atoms with Crippen molar-refractivity contribution in [3.63, 3.8) is 0 Å². The van der Waals surface area contributed by atoms with Crippen LogP contribution in [0, 0.1) is 0 Å². The molecule has 0 aromatic carbocycles. The van der Waals surface area contributed by atoms with E-state index in [1.54, 1.807) is 11.6 Å². The third-order valence-electron chi connectivity index (χ3n) is 3.26. The number of carbonyl (C=O) groups excluding carboxylic acids is 1. The van der Waals surface area contributed by atoms with Gasteiger partial charge in [-0.3, -0.25) is 14.0 Å². The molecule has 21 heavy (non-hydrogen) atoms. The molecular weight excluding hydrogens is 290 g/mol. The summed E-state index contributed by atoms with van der Waals surface area (Å²) in [5.74, 6) is -0.363. The topological polar surface area (TPSA) is 74.9 Å². The van der Waals surface area contributed by atoms with Crippen LogP contribution in [-0.4, -0.2) is 45.0 Å². The maximum Gasteiger partial charge on any atom is 0.271 e. The lowest BCUT2D eigenvalue weighted by molar-refractivity contribution is 0.0716. The van der Waals surface area contributed by atoms with E-state index < -0.39 is 0 Å². The van der Waals surface area contributed by atoms with Crippen LogP contribution in [0.1, 0.15) is 36.5 Å². The molecule has 2 heterocycles. The average Bonchev–Trinajstić information content (AvgIpc) is 2.96. The van der Waals surface area contributed by atoms with Crippen molar-refractivity contribution in [1.82, 2.24) is 14.3 Å². The number of unbranched alkanes of at least 4 members (excludes halogenated alkanes) is 2. The van der Waals surface area contributed by atoms with Crippen molar-refractivity contribution in [1.29, 1.82) is 0 Å².